The van der Waals surface area contributed by atoms with Crippen LogP contribution in [0, 0.1) is 0 Å². The predicted octanol–water partition coefficient (Wildman–Crippen LogP) is 7.99. The number of benzene rings is 2. The normalized spacial score (nSPS) is 12.4. The Balaban J connectivity index is 1.52. The van der Waals surface area contributed by atoms with Gasteiger partial charge in [0.15, 0.2) is 0 Å². The van der Waals surface area contributed by atoms with Gasteiger partial charge in [-0.25, -0.2) is 4.98 Å². The third-order valence-corrected chi connectivity index (χ3v) is 9.34. The smallest absolute Gasteiger partial charge is 0.294 e. The van der Waals surface area contributed by atoms with Crippen molar-refractivity contribution in [2.75, 3.05) is 0 Å². The van der Waals surface area contributed by atoms with Crippen molar-refractivity contribution in [2.24, 2.45) is 0 Å². The molecule has 0 radical (unpaired) electrons. The van der Waals surface area contributed by atoms with Crippen LogP contribution in [0.15, 0.2) is 52.3 Å². The van der Waals surface area contributed by atoms with E-state index in [1.165, 1.54) is 101 Å². The SMILES string of the molecule is CCCCCCCCCCCCCCCCCc1nc2cc(S(=O)(=O)O)ccc2n1Cc1cccc(S(=O)(=O)O)c1. The fraction of sp³-hybridized carbons (Fsp3) is 0.581. The average Bonchev–Trinajstić information content (AvgIpc) is 3.26. The first-order valence-corrected chi connectivity index (χ1v) is 18.0. The standard InChI is InChI=1S/C31H46N2O6S2/c1-2-3-4-5-6-7-8-9-10-11-12-13-14-15-16-20-31-32-29-24-28(41(37,38)39)21-22-30(29)33(31)25-26-18-17-19-27(23-26)40(34,35)36/h17-19,21-24H,2-16,20,25H2,1H3,(H,34,35,36)(H,37,38,39). The van der Waals surface area contributed by atoms with Crippen molar-refractivity contribution in [1.29, 1.82) is 0 Å². The fourth-order valence-corrected chi connectivity index (χ4v) is 6.38. The van der Waals surface area contributed by atoms with Gasteiger partial charge in [0.05, 0.1) is 20.8 Å². The Labute approximate surface area is 246 Å². The number of imidazole rings is 1. The molecule has 0 aliphatic heterocycles. The molecule has 0 fully saturated rings. The van der Waals surface area contributed by atoms with E-state index in [0.29, 0.717) is 29.6 Å². The molecule has 0 saturated heterocycles. The summed E-state index contributed by atoms with van der Waals surface area (Å²) in [7, 11) is -8.70. The maximum atomic E-state index is 11.7. The molecule has 0 amide bonds. The summed E-state index contributed by atoms with van der Waals surface area (Å²) in [4.78, 5) is 4.27. The Hall–Kier alpha value is -2.27. The average molecular weight is 607 g/mol. The maximum Gasteiger partial charge on any atom is 0.294 e. The number of hydrogen-bond acceptors (Lipinski definition) is 5. The van der Waals surface area contributed by atoms with E-state index >= 15 is 0 Å². The zero-order valence-electron chi connectivity index (χ0n) is 24.3. The number of fused-ring (bicyclic) bond motifs is 1. The minimum atomic E-state index is -4.37. The van der Waals surface area contributed by atoms with Crippen LogP contribution in [0.5, 0.6) is 0 Å². The quantitative estimate of drug-likeness (QED) is 0.0985. The highest BCUT2D eigenvalue weighted by atomic mass is 32.2. The van der Waals surface area contributed by atoms with Crippen LogP contribution in [0.25, 0.3) is 11.0 Å². The highest BCUT2D eigenvalue weighted by Gasteiger charge is 2.17. The first kappa shape index (κ1) is 33.2. The molecule has 10 heteroatoms. The van der Waals surface area contributed by atoms with Gasteiger partial charge in [-0.2, -0.15) is 16.8 Å². The van der Waals surface area contributed by atoms with Crippen molar-refractivity contribution in [2.45, 2.75) is 126 Å². The van der Waals surface area contributed by atoms with Crippen molar-refractivity contribution in [3.8, 4) is 0 Å². The lowest BCUT2D eigenvalue weighted by molar-refractivity contribution is 0.481. The van der Waals surface area contributed by atoms with Crippen LogP contribution in [-0.4, -0.2) is 35.5 Å². The van der Waals surface area contributed by atoms with Gasteiger partial charge in [0.2, 0.25) is 0 Å². The molecule has 0 spiro atoms. The highest BCUT2D eigenvalue weighted by Crippen LogP contribution is 2.24. The zero-order chi connectivity index (χ0) is 29.7. The second-order valence-corrected chi connectivity index (χ2v) is 13.9. The van der Waals surface area contributed by atoms with E-state index in [9.17, 15) is 25.9 Å². The topological polar surface area (TPSA) is 127 Å². The van der Waals surface area contributed by atoms with E-state index in [1.54, 1.807) is 18.2 Å². The second kappa shape index (κ2) is 16.4. The number of nitrogens with zero attached hydrogens (tertiary/aromatic N) is 2. The van der Waals surface area contributed by atoms with Gasteiger partial charge in [-0.1, -0.05) is 109 Å². The summed E-state index contributed by atoms with van der Waals surface area (Å²) in [6.07, 6.45) is 19.8. The Morgan fingerprint density at radius 3 is 1.71 bits per heavy atom. The van der Waals surface area contributed by atoms with Crippen LogP contribution < -0.4 is 0 Å². The van der Waals surface area contributed by atoms with E-state index in [4.69, 9.17) is 0 Å². The molecule has 0 unspecified atom stereocenters. The Morgan fingerprint density at radius 2 is 1.17 bits per heavy atom. The molecule has 3 aromatic rings. The summed E-state index contributed by atoms with van der Waals surface area (Å²) in [6.45, 7) is 2.56. The number of rotatable bonds is 20. The van der Waals surface area contributed by atoms with Crippen LogP contribution in [0.1, 0.15) is 115 Å². The van der Waals surface area contributed by atoms with Crippen LogP contribution >= 0.6 is 0 Å². The summed E-state index contributed by atoms with van der Waals surface area (Å²) in [5.74, 6) is 0.763. The van der Waals surface area contributed by atoms with Gasteiger partial charge in [0.1, 0.15) is 5.82 Å². The van der Waals surface area contributed by atoms with E-state index in [-0.39, 0.29) is 9.79 Å². The summed E-state index contributed by atoms with van der Waals surface area (Å²) >= 11 is 0. The summed E-state index contributed by atoms with van der Waals surface area (Å²) < 4.78 is 67.4. The van der Waals surface area contributed by atoms with Crippen molar-refractivity contribution in [3.63, 3.8) is 0 Å². The minimum Gasteiger partial charge on any atom is -0.323 e. The molecule has 2 aromatic carbocycles. The molecular formula is C31H46N2O6S2. The number of unbranched alkanes of at least 4 members (excludes halogenated alkanes) is 14. The molecule has 8 nitrogen and oxygen atoms in total. The van der Waals surface area contributed by atoms with Gasteiger partial charge in [-0.15, -0.1) is 0 Å². The van der Waals surface area contributed by atoms with E-state index in [1.807, 2.05) is 4.57 Å². The maximum absolute atomic E-state index is 11.7. The van der Waals surface area contributed by atoms with Crippen LogP contribution in [0.2, 0.25) is 0 Å². The molecule has 0 saturated carbocycles. The van der Waals surface area contributed by atoms with Gasteiger partial charge in [0, 0.05) is 13.0 Å². The molecule has 0 atom stereocenters. The summed E-state index contributed by atoms with van der Waals surface area (Å²) in [5, 5.41) is 0. The monoisotopic (exact) mass is 606 g/mol. The molecule has 3 rings (SSSR count). The summed E-state index contributed by atoms with van der Waals surface area (Å²) in [6, 6.07) is 10.4. The lowest BCUT2D eigenvalue weighted by Crippen LogP contribution is -2.07. The number of aromatic nitrogens is 2. The highest BCUT2D eigenvalue weighted by molar-refractivity contribution is 7.86. The van der Waals surface area contributed by atoms with Crippen LogP contribution in [0.4, 0.5) is 0 Å². The molecule has 0 bridgehead atoms. The predicted molar refractivity (Wildman–Crippen MR) is 164 cm³/mol. The molecule has 2 N–H and O–H groups in total. The first-order valence-electron chi connectivity index (χ1n) is 15.1. The van der Waals surface area contributed by atoms with E-state index < -0.39 is 20.2 Å². The minimum absolute atomic E-state index is 0.183. The van der Waals surface area contributed by atoms with Gasteiger partial charge in [-0.05, 0) is 42.3 Å². The first-order chi connectivity index (χ1) is 19.6. The molecule has 1 heterocycles. The van der Waals surface area contributed by atoms with Crippen LogP contribution in [-0.2, 0) is 33.2 Å². The van der Waals surface area contributed by atoms with Gasteiger partial charge < -0.3 is 4.57 Å². The lowest BCUT2D eigenvalue weighted by atomic mass is 10.0. The zero-order valence-corrected chi connectivity index (χ0v) is 25.9. The fourth-order valence-electron chi connectivity index (χ4n) is 5.33. The van der Waals surface area contributed by atoms with Gasteiger partial charge in [0.25, 0.3) is 20.2 Å². The Bertz CT molecular complexity index is 1450. The third-order valence-electron chi connectivity index (χ3n) is 7.64. The number of aryl methyl sites for hydroxylation is 1. The number of hydrogen-bond donors (Lipinski definition) is 2. The Morgan fingerprint density at radius 1 is 0.659 bits per heavy atom. The van der Waals surface area contributed by atoms with Crippen LogP contribution in [0.3, 0.4) is 0 Å². The molecule has 0 aliphatic carbocycles. The molecule has 0 aliphatic rings. The van der Waals surface area contributed by atoms with Crippen molar-refractivity contribution >= 4 is 31.3 Å². The third kappa shape index (κ3) is 11.1. The van der Waals surface area contributed by atoms with Crippen molar-refractivity contribution in [3.05, 3.63) is 53.9 Å². The van der Waals surface area contributed by atoms with Crippen molar-refractivity contribution in [1.82, 2.24) is 9.55 Å². The van der Waals surface area contributed by atoms with Gasteiger partial charge >= 0.3 is 0 Å². The van der Waals surface area contributed by atoms with Gasteiger partial charge in [-0.3, -0.25) is 9.11 Å². The molecule has 228 valence electrons. The van der Waals surface area contributed by atoms with Crippen molar-refractivity contribution < 1.29 is 25.9 Å². The second-order valence-electron chi connectivity index (χ2n) is 11.1. The largest absolute Gasteiger partial charge is 0.323 e. The lowest BCUT2D eigenvalue weighted by Gasteiger charge is -2.11. The summed E-state index contributed by atoms with van der Waals surface area (Å²) in [5.41, 5.74) is 1.80. The Kier molecular flexibility index (Phi) is 13.3. The molecule has 1 aromatic heterocycles. The molecule has 41 heavy (non-hydrogen) atoms. The van der Waals surface area contributed by atoms with E-state index in [2.05, 4.69) is 11.9 Å². The van der Waals surface area contributed by atoms with E-state index in [0.717, 1.165) is 25.1 Å². The molecular weight excluding hydrogens is 560 g/mol.